The van der Waals surface area contributed by atoms with Crippen molar-refractivity contribution in [2.45, 2.75) is 39.0 Å². The fourth-order valence-corrected chi connectivity index (χ4v) is 2.74. The third-order valence-electron chi connectivity index (χ3n) is 3.60. The lowest BCUT2D eigenvalue weighted by Crippen LogP contribution is -2.24. The Morgan fingerprint density at radius 1 is 1.31 bits per heavy atom. The van der Waals surface area contributed by atoms with E-state index in [2.05, 4.69) is 18.2 Å². The van der Waals surface area contributed by atoms with Crippen LogP contribution in [0.4, 0.5) is 0 Å². The van der Waals surface area contributed by atoms with Crippen LogP contribution in [0.15, 0.2) is 24.3 Å². The number of carbonyl (C=O) groups is 1. The summed E-state index contributed by atoms with van der Waals surface area (Å²) in [4.78, 5) is 12.2. The molecule has 0 bridgehead atoms. The quantitative estimate of drug-likeness (QED) is 0.697. The fraction of sp³-hybridized carbons (Fsp3) is 0.400. The van der Waals surface area contributed by atoms with Crippen LogP contribution < -0.4 is 0 Å². The number of benzene rings is 1. The predicted molar refractivity (Wildman–Crippen MR) is 67.6 cm³/mol. The molecule has 0 aliphatic heterocycles. The maximum absolute atomic E-state index is 12.2. The Morgan fingerprint density at radius 2 is 2.00 bits per heavy atom. The zero-order valence-corrected chi connectivity index (χ0v) is 10.4. The molecule has 0 spiro atoms. The lowest BCUT2D eigenvalue weighted by atomic mass is 9.85. The van der Waals surface area contributed by atoms with Crippen LogP contribution in [0.2, 0.25) is 0 Å². The van der Waals surface area contributed by atoms with Crippen molar-refractivity contribution in [3.05, 3.63) is 41.0 Å². The minimum Gasteiger partial charge on any atom is -0.298 e. The van der Waals surface area contributed by atoms with Gasteiger partial charge >= 0.3 is 0 Å². The van der Waals surface area contributed by atoms with Gasteiger partial charge in [-0.3, -0.25) is 4.79 Å². The summed E-state index contributed by atoms with van der Waals surface area (Å²) in [5.74, 6) is 0.358. The minimum atomic E-state index is -0.327. The molecule has 1 unspecified atom stereocenters. The summed E-state index contributed by atoms with van der Waals surface area (Å²) in [6.45, 7) is 8.07. The van der Waals surface area contributed by atoms with Crippen molar-refractivity contribution < 1.29 is 4.79 Å². The average molecular weight is 214 g/mol. The molecule has 0 saturated heterocycles. The molecule has 1 aromatic rings. The maximum atomic E-state index is 12.2. The van der Waals surface area contributed by atoms with Gasteiger partial charge in [-0.05, 0) is 37.5 Å². The van der Waals surface area contributed by atoms with E-state index in [0.29, 0.717) is 5.78 Å². The summed E-state index contributed by atoms with van der Waals surface area (Å²) in [6, 6.07) is 6.22. The molecule has 0 amide bonds. The van der Waals surface area contributed by atoms with E-state index < -0.39 is 0 Å². The Morgan fingerprint density at radius 3 is 2.62 bits per heavy atom. The number of Topliss-reactive ketones (excluding diaryl/α,β-unsaturated/α-hetero) is 1. The Kier molecular flexibility index (Phi) is 2.49. The third kappa shape index (κ3) is 1.35. The molecular formula is C15H18O. The van der Waals surface area contributed by atoms with Crippen LogP contribution in [-0.2, 0) is 10.2 Å². The van der Waals surface area contributed by atoms with E-state index in [1.54, 1.807) is 0 Å². The van der Waals surface area contributed by atoms with Crippen LogP contribution in [0.25, 0.3) is 6.08 Å². The first-order valence-electron chi connectivity index (χ1n) is 5.80. The Hall–Kier alpha value is -1.37. The van der Waals surface area contributed by atoms with Gasteiger partial charge in [0.05, 0.1) is 0 Å². The second kappa shape index (κ2) is 3.58. The number of ketones is 1. The van der Waals surface area contributed by atoms with Crippen LogP contribution in [-0.4, -0.2) is 5.78 Å². The first-order chi connectivity index (χ1) is 7.50. The van der Waals surface area contributed by atoms with E-state index in [0.717, 1.165) is 0 Å². The molecule has 1 heteroatoms. The molecule has 0 saturated carbocycles. The van der Waals surface area contributed by atoms with Crippen molar-refractivity contribution in [3.63, 3.8) is 0 Å². The van der Waals surface area contributed by atoms with Crippen molar-refractivity contribution >= 4 is 11.9 Å². The smallest absolute Gasteiger partial charge is 0.150 e. The highest BCUT2D eigenvalue weighted by atomic mass is 16.1. The van der Waals surface area contributed by atoms with Crippen molar-refractivity contribution in [2.75, 3.05) is 0 Å². The summed E-state index contributed by atoms with van der Waals surface area (Å²) in [5, 5.41) is 0. The molecule has 1 aromatic carbocycles. The van der Waals surface area contributed by atoms with Gasteiger partial charge in [0.15, 0.2) is 0 Å². The van der Waals surface area contributed by atoms with Crippen molar-refractivity contribution in [1.82, 2.24) is 0 Å². The van der Waals surface area contributed by atoms with Gasteiger partial charge in [0, 0.05) is 11.3 Å². The topological polar surface area (TPSA) is 17.1 Å². The highest BCUT2D eigenvalue weighted by Crippen LogP contribution is 2.44. The summed E-state index contributed by atoms with van der Waals surface area (Å²) >= 11 is 0. The molecular weight excluding hydrogens is 196 g/mol. The van der Waals surface area contributed by atoms with E-state index >= 15 is 0 Å². The lowest BCUT2D eigenvalue weighted by Gasteiger charge is -2.17. The summed E-state index contributed by atoms with van der Waals surface area (Å²) < 4.78 is 0. The monoisotopic (exact) mass is 214 g/mol. The maximum Gasteiger partial charge on any atom is 0.150 e. The summed E-state index contributed by atoms with van der Waals surface area (Å²) in [5.41, 5.74) is 3.27. The largest absolute Gasteiger partial charge is 0.298 e. The zero-order valence-electron chi connectivity index (χ0n) is 10.4. The van der Waals surface area contributed by atoms with Crippen LogP contribution in [0.3, 0.4) is 0 Å². The first-order valence-corrected chi connectivity index (χ1v) is 5.80. The number of allylic oxidation sites excluding steroid dienone is 1. The average Bonchev–Trinajstić information content (AvgIpc) is 2.42. The van der Waals surface area contributed by atoms with Crippen molar-refractivity contribution in [2.24, 2.45) is 0 Å². The molecule has 16 heavy (non-hydrogen) atoms. The standard InChI is InChI=1S/C15H18O/c1-5-7-11-8-6-9-12-13(11)10(2)14(16)15(12,3)4/h5-10H,1-4H3/b7-5-. The number of hydrogen-bond donors (Lipinski definition) is 0. The molecule has 1 aliphatic carbocycles. The van der Waals surface area contributed by atoms with Crippen LogP contribution in [0.1, 0.15) is 50.3 Å². The molecule has 84 valence electrons. The van der Waals surface area contributed by atoms with Crippen LogP contribution >= 0.6 is 0 Å². The molecule has 1 nitrogen and oxygen atoms in total. The third-order valence-corrected chi connectivity index (χ3v) is 3.60. The molecule has 2 rings (SSSR count). The van der Waals surface area contributed by atoms with Crippen molar-refractivity contribution in [1.29, 1.82) is 0 Å². The molecule has 0 heterocycles. The second-order valence-electron chi connectivity index (χ2n) is 5.02. The molecule has 0 fully saturated rings. The molecule has 1 aliphatic rings. The van der Waals surface area contributed by atoms with E-state index in [4.69, 9.17) is 0 Å². The van der Waals surface area contributed by atoms with Gasteiger partial charge in [-0.25, -0.2) is 0 Å². The van der Waals surface area contributed by atoms with Gasteiger partial charge < -0.3 is 0 Å². The normalized spacial score (nSPS) is 22.8. The number of rotatable bonds is 1. The Bertz CT molecular complexity index is 466. The summed E-state index contributed by atoms with van der Waals surface area (Å²) in [7, 11) is 0. The molecule has 0 N–H and O–H groups in total. The number of carbonyl (C=O) groups excluding carboxylic acids is 1. The number of fused-ring (bicyclic) bond motifs is 1. The van der Waals surface area contributed by atoms with Gasteiger partial charge in [-0.1, -0.05) is 37.3 Å². The SMILES string of the molecule is C/C=C\c1cccc2c1C(C)C(=O)C2(C)C. The molecule has 0 aromatic heterocycles. The Balaban J connectivity index is 2.71. The van der Waals surface area contributed by atoms with Gasteiger partial charge in [-0.2, -0.15) is 0 Å². The van der Waals surface area contributed by atoms with Gasteiger partial charge in [0.25, 0.3) is 0 Å². The van der Waals surface area contributed by atoms with E-state index in [-0.39, 0.29) is 11.3 Å². The van der Waals surface area contributed by atoms with Crippen LogP contribution in [0.5, 0.6) is 0 Å². The zero-order chi connectivity index (χ0) is 11.9. The van der Waals surface area contributed by atoms with Crippen molar-refractivity contribution in [3.8, 4) is 0 Å². The van der Waals surface area contributed by atoms with Gasteiger partial charge in [0.2, 0.25) is 0 Å². The van der Waals surface area contributed by atoms with Gasteiger partial charge in [0.1, 0.15) is 5.78 Å². The van der Waals surface area contributed by atoms with Gasteiger partial charge in [-0.15, -0.1) is 0 Å². The minimum absolute atomic E-state index is 0.0254. The Labute approximate surface area is 97.2 Å². The van der Waals surface area contributed by atoms with E-state index in [1.165, 1.54) is 16.7 Å². The fourth-order valence-electron chi connectivity index (χ4n) is 2.74. The predicted octanol–water partition coefficient (Wildman–Crippen LogP) is 3.68. The van der Waals surface area contributed by atoms with Crippen LogP contribution in [0, 0.1) is 0 Å². The number of hydrogen-bond acceptors (Lipinski definition) is 1. The summed E-state index contributed by atoms with van der Waals surface area (Å²) in [6.07, 6.45) is 4.11. The first kappa shape index (κ1) is 11.1. The van der Waals surface area contributed by atoms with E-state index in [9.17, 15) is 4.79 Å². The highest BCUT2D eigenvalue weighted by Gasteiger charge is 2.43. The second-order valence-corrected chi connectivity index (χ2v) is 5.02. The van der Waals surface area contributed by atoms with E-state index in [1.807, 2.05) is 39.8 Å². The molecule has 1 atom stereocenters. The lowest BCUT2D eigenvalue weighted by molar-refractivity contribution is -0.123. The highest BCUT2D eigenvalue weighted by molar-refractivity contribution is 6.00. The molecule has 0 radical (unpaired) electrons.